The van der Waals surface area contributed by atoms with Gasteiger partial charge in [-0.3, -0.25) is 4.79 Å². The van der Waals surface area contributed by atoms with Gasteiger partial charge in [0, 0.05) is 19.8 Å². The van der Waals surface area contributed by atoms with E-state index in [9.17, 15) is 9.70 Å². The molecule has 4 nitrogen and oxygen atoms in total. The van der Waals surface area contributed by atoms with Gasteiger partial charge in [0.25, 0.3) is 0 Å². The average Bonchev–Trinajstić information content (AvgIpc) is 2.04. The third-order valence-corrected chi connectivity index (χ3v) is 1.78. The molecule has 0 aromatic rings. The van der Waals surface area contributed by atoms with Gasteiger partial charge in [0.05, 0.1) is 0 Å². The van der Waals surface area contributed by atoms with Crippen molar-refractivity contribution in [2.24, 2.45) is 5.18 Å². The average molecular weight is 187 g/mol. The standard InChI is InChI=1S/C9H17NO3/c1-4-6-9(10-12,7-5-2)13-8(3)11/h4-7H2,1-3H3. The predicted octanol–water partition coefficient (Wildman–Crippen LogP) is 2.61. The lowest BCUT2D eigenvalue weighted by atomic mass is 10.0. The van der Waals surface area contributed by atoms with Gasteiger partial charge >= 0.3 is 5.97 Å². The fourth-order valence-electron chi connectivity index (χ4n) is 1.39. The number of esters is 1. The van der Waals surface area contributed by atoms with E-state index in [1.165, 1.54) is 6.92 Å². The van der Waals surface area contributed by atoms with E-state index in [1.807, 2.05) is 13.8 Å². The first-order valence-corrected chi connectivity index (χ1v) is 4.64. The van der Waals surface area contributed by atoms with Crippen molar-refractivity contribution >= 4 is 5.97 Å². The SMILES string of the molecule is CCCC(CCC)(N=O)OC(C)=O. The van der Waals surface area contributed by atoms with E-state index in [1.54, 1.807) is 0 Å². The minimum Gasteiger partial charge on any atom is -0.434 e. The van der Waals surface area contributed by atoms with Crippen molar-refractivity contribution < 1.29 is 9.53 Å². The van der Waals surface area contributed by atoms with Gasteiger partial charge in [0.2, 0.25) is 5.72 Å². The minimum absolute atomic E-state index is 0.443. The molecule has 0 amide bonds. The highest BCUT2D eigenvalue weighted by Gasteiger charge is 2.32. The van der Waals surface area contributed by atoms with Gasteiger partial charge in [-0.25, -0.2) is 0 Å². The van der Waals surface area contributed by atoms with E-state index in [-0.39, 0.29) is 0 Å². The normalized spacial score (nSPS) is 11.0. The third kappa shape index (κ3) is 4.01. The zero-order chi connectivity index (χ0) is 10.3. The Bertz CT molecular complexity index is 174. The van der Waals surface area contributed by atoms with Crippen LogP contribution in [0.15, 0.2) is 5.18 Å². The van der Waals surface area contributed by atoms with Gasteiger partial charge in [0.1, 0.15) is 0 Å². The number of rotatable bonds is 6. The van der Waals surface area contributed by atoms with Crippen molar-refractivity contribution in [1.82, 2.24) is 0 Å². The van der Waals surface area contributed by atoms with Crippen LogP contribution in [0, 0.1) is 4.91 Å². The van der Waals surface area contributed by atoms with Crippen LogP contribution in [0.25, 0.3) is 0 Å². The van der Waals surface area contributed by atoms with Crippen molar-refractivity contribution in [2.75, 3.05) is 0 Å². The quantitative estimate of drug-likeness (QED) is 0.474. The van der Waals surface area contributed by atoms with Gasteiger partial charge < -0.3 is 4.74 Å². The second-order valence-corrected chi connectivity index (χ2v) is 3.13. The van der Waals surface area contributed by atoms with Crippen LogP contribution < -0.4 is 0 Å². The molecule has 0 aliphatic rings. The Morgan fingerprint density at radius 3 is 2.00 bits per heavy atom. The maximum absolute atomic E-state index is 10.7. The van der Waals surface area contributed by atoms with E-state index in [0.717, 1.165) is 12.8 Å². The molecule has 0 N–H and O–H groups in total. The maximum Gasteiger partial charge on any atom is 0.304 e. The van der Waals surface area contributed by atoms with Gasteiger partial charge in [0.15, 0.2) is 0 Å². The fourth-order valence-corrected chi connectivity index (χ4v) is 1.39. The Labute approximate surface area is 78.6 Å². The van der Waals surface area contributed by atoms with E-state index >= 15 is 0 Å². The Morgan fingerprint density at radius 2 is 1.77 bits per heavy atom. The maximum atomic E-state index is 10.7. The first kappa shape index (κ1) is 12.1. The number of carbonyl (C=O) groups is 1. The van der Waals surface area contributed by atoms with E-state index in [4.69, 9.17) is 4.74 Å². The van der Waals surface area contributed by atoms with Crippen molar-refractivity contribution in [3.05, 3.63) is 4.91 Å². The largest absolute Gasteiger partial charge is 0.434 e. The van der Waals surface area contributed by atoms with Crippen LogP contribution in [0.4, 0.5) is 0 Å². The molecule has 0 unspecified atom stereocenters. The lowest BCUT2D eigenvalue weighted by Gasteiger charge is -2.24. The molecule has 0 saturated heterocycles. The highest BCUT2D eigenvalue weighted by Crippen LogP contribution is 2.25. The molecule has 0 saturated carbocycles. The Morgan fingerprint density at radius 1 is 1.31 bits per heavy atom. The summed E-state index contributed by atoms with van der Waals surface area (Å²) >= 11 is 0. The van der Waals surface area contributed by atoms with Crippen molar-refractivity contribution in [3.63, 3.8) is 0 Å². The van der Waals surface area contributed by atoms with Crippen molar-refractivity contribution in [2.45, 2.75) is 52.2 Å². The number of nitrogens with zero attached hydrogens (tertiary/aromatic N) is 1. The zero-order valence-electron chi connectivity index (χ0n) is 8.50. The molecule has 76 valence electrons. The van der Waals surface area contributed by atoms with E-state index in [0.29, 0.717) is 12.8 Å². The summed E-state index contributed by atoms with van der Waals surface area (Å²) in [6, 6.07) is 0. The van der Waals surface area contributed by atoms with Crippen LogP contribution in [0.1, 0.15) is 46.5 Å². The Kier molecular flexibility index (Phi) is 5.26. The molecule has 0 aromatic carbocycles. The van der Waals surface area contributed by atoms with E-state index in [2.05, 4.69) is 5.18 Å². The molecule has 0 rings (SSSR count). The van der Waals surface area contributed by atoms with Crippen LogP contribution >= 0.6 is 0 Å². The summed E-state index contributed by atoms with van der Waals surface area (Å²) in [4.78, 5) is 21.4. The van der Waals surface area contributed by atoms with Crippen LogP contribution in [-0.2, 0) is 9.53 Å². The third-order valence-electron chi connectivity index (χ3n) is 1.78. The lowest BCUT2D eigenvalue weighted by Crippen LogP contribution is -2.31. The first-order valence-electron chi connectivity index (χ1n) is 4.64. The zero-order valence-corrected chi connectivity index (χ0v) is 8.50. The summed E-state index contributed by atoms with van der Waals surface area (Å²) in [7, 11) is 0. The summed E-state index contributed by atoms with van der Waals surface area (Å²) in [6.45, 7) is 5.16. The van der Waals surface area contributed by atoms with Crippen molar-refractivity contribution in [3.8, 4) is 0 Å². The fraction of sp³-hybridized carbons (Fsp3) is 0.889. The van der Waals surface area contributed by atoms with Crippen LogP contribution in [-0.4, -0.2) is 11.7 Å². The molecule has 0 bridgehead atoms. The topological polar surface area (TPSA) is 55.7 Å². The molecule has 0 aromatic heterocycles. The van der Waals surface area contributed by atoms with Gasteiger partial charge in [-0.2, -0.15) is 0 Å². The molecule has 0 heterocycles. The second kappa shape index (κ2) is 5.67. The molecule has 0 fully saturated rings. The molecule has 0 aliphatic carbocycles. The highest BCUT2D eigenvalue weighted by atomic mass is 16.6. The molecule has 0 radical (unpaired) electrons. The Balaban J connectivity index is 4.42. The van der Waals surface area contributed by atoms with Gasteiger partial charge in [-0.05, 0) is 5.18 Å². The molecule has 4 heteroatoms. The van der Waals surface area contributed by atoms with Crippen LogP contribution in [0.3, 0.4) is 0 Å². The minimum atomic E-state index is -1.12. The van der Waals surface area contributed by atoms with E-state index < -0.39 is 11.7 Å². The number of hydrogen-bond acceptors (Lipinski definition) is 4. The highest BCUT2D eigenvalue weighted by molar-refractivity contribution is 5.66. The molecule has 0 atom stereocenters. The predicted molar refractivity (Wildman–Crippen MR) is 50.1 cm³/mol. The number of ether oxygens (including phenoxy) is 1. The summed E-state index contributed by atoms with van der Waals surface area (Å²) in [6.07, 6.45) is 2.56. The summed E-state index contributed by atoms with van der Waals surface area (Å²) in [5.41, 5.74) is -1.12. The molecule has 0 aliphatic heterocycles. The number of carbonyl (C=O) groups excluding carboxylic acids is 1. The van der Waals surface area contributed by atoms with Crippen LogP contribution in [0.2, 0.25) is 0 Å². The molecular weight excluding hydrogens is 170 g/mol. The molecule has 13 heavy (non-hydrogen) atoms. The second-order valence-electron chi connectivity index (χ2n) is 3.13. The monoisotopic (exact) mass is 187 g/mol. The van der Waals surface area contributed by atoms with Gasteiger partial charge in [-0.1, -0.05) is 26.7 Å². The number of nitroso groups, excluding NO2 is 1. The first-order chi connectivity index (χ1) is 6.10. The number of hydrogen-bond donors (Lipinski definition) is 0. The lowest BCUT2D eigenvalue weighted by molar-refractivity contribution is -0.158. The summed E-state index contributed by atoms with van der Waals surface area (Å²) < 4.78 is 4.95. The van der Waals surface area contributed by atoms with Crippen molar-refractivity contribution in [1.29, 1.82) is 0 Å². The summed E-state index contributed by atoms with van der Waals surface area (Å²) in [5, 5.41) is 2.95. The Hall–Kier alpha value is -0.930. The summed E-state index contributed by atoms with van der Waals surface area (Å²) in [5.74, 6) is -0.443. The smallest absolute Gasteiger partial charge is 0.304 e. The van der Waals surface area contributed by atoms with Crippen LogP contribution in [0.5, 0.6) is 0 Å². The molecular formula is C9H17NO3. The molecule has 0 spiro atoms. The van der Waals surface area contributed by atoms with Gasteiger partial charge in [-0.15, -0.1) is 4.91 Å².